The molecule has 1 atom stereocenters. The Kier molecular flexibility index (Phi) is 5.02. The molecule has 3 aromatic rings. The average Bonchev–Trinajstić information content (AvgIpc) is 2.79. The third-order valence-corrected chi connectivity index (χ3v) is 6.16. The van der Waals surface area contributed by atoms with Gasteiger partial charge in [0, 0.05) is 44.7 Å². The van der Waals surface area contributed by atoms with E-state index in [1.807, 2.05) is 23.1 Å². The van der Waals surface area contributed by atoms with Crippen LogP contribution < -0.4 is 9.80 Å². The molecule has 1 aliphatic heterocycles. The van der Waals surface area contributed by atoms with Gasteiger partial charge in [0.25, 0.3) is 0 Å². The third-order valence-electron chi connectivity index (χ3n) is 6.16. The molecule has 2 heterocycles. The quantitative estimate of drug-likeness (QED) is 0.702. The summed E-state index contributed by atoms with van der Waals surface area (Å²) in [5.74, 6) is 0.502. The standard InChI is InChI=1S/C24H23FN4O2/c25-19-6-2-3-7-21(19)28-9-11-29(12-10-28)24-26-15-18-20(27-24)13-16(14-23(18)31)17-5-1-4-8-22(17)30/h1-8,15-16,30H,9-14H2. The summed E-state index contributed by atoms with van der Waals surface area (Å²) in [6.07, 6.45) is 2.56. The fourth-order valence-corrected chi connectivity index (χ4v) is 4.50. The molecule has 0 saturated carbocycles. The molecular weight excluding hydrogens is 395 g/mol. The van der Waals surface area contributed by atoms with Crippen molar-refractivity contribution in [1.29, 1.82) is 0 Å². The normalized spacial score (nSPS) is 18.7. The number of fused-ring (bicyclic) bond motifs is 1. The molecule has 1 aromatic heterocycles. The molecule has 0 spiro atoms. The second-order valence-corrected chi connectivity index (χ2v) is 8.04. The molecule has 2 aliphatic rings. The lowest BCUT2D eigenvalue weighted by Crippen LogP contribution is -2.47. The van der Waals surface area contributed by atoms with Gasteiger partial charge in [0.05, 0.1) is 16.9 Å². The summed E-state index contributed by atoms with van der Waals surface area (Å²) in [5, 5.41) is 10.2. The number of anilines is 2. The van der Waals surface area contributed by atoms with Crippen LogP contribution in [0.25, 0.3) is 0 Å². The smallest absolute Gasteiger partial charge is 0.225 e. The van der Waals surface area contributed by atoms with Crippen LogP contribution in [0.4, 0.5) is 16.0 Å². The van der Waals surface area contributed by atoms with E-state index in [1.165, 1.54) is 6.07 Å². The van der Waals surface area contributed by atoms with Crippen molar-refractivity contribution in [2.75, 3.05) is 36.0 Å². The predicted octanol–water partition coefficient (Wildman–Crippen LogP) is 3.56. The lowest BCUT2D eigenvalue weighted by molar-refractivity contribution is 0.0962. The molecule has 1 fully saturated rings. The minimum Gasteiger partial charge on any atom is -0.508 e. The van der Waals surface area contributed by atoms with Crippen molar-refractivity contribution in [1.82, 2.24) is 9.97 Å². The molecule has 5 rings (SSSR count). The average molecular weight is 418 g/mol. The van der Waals surface area contributed by atoms with Gasteiger partial charge in [0.15, 0.2) is 5.78 Å². The molecule has 31 heavy (non-hydrogen) atoms. The fourth-order valence-electron chi connectivity index (χ4n) is 4.50. The first-order chi connectivity index (χ1) is 15.1. The molecule has 0 radical (unpaired) electrons. The van der Waals surface area contributed by atoms with E-state index in [1.54, 1.807) is 30.5 Å². The topological polar surface area (TPSA) is 69.6 Å². The summed E-state index contributed by atoms with van der Waals surface area (Å²) in [4.78, 5) is 26.0. The number of rotatable bonds is 3. The summed E-state index contributed by atoms with van der Waals surface area (Å²) in [6.45, 7) is 2.68. The van der Waals surface area contributed by atoms with Crippen LogP contribution in [-0.4, -0.2) is 47.0 Å². The van der Waals surface area contributed by atoms with Gasteiger partial charge in [-0.1, -0.05) is 30.3 Å². The monoisotopic (exact) mass is 418 g/mol. The number of piperazine rings is 1. The maximum atomic E-state index is 14.1. The molecule has 1 N–H and O–H groups in total. The minimum atomic E-state index is -0.213. The van der Waals surface area contributed by atoms with E-state index in [0.29, 0.717) is 56.2 Å². The van der Waals surface area contributed by atoms with Gasteiger partial charge in [-0.15, -0.1) is 0 Å². The molecule has 1 unspecified atom stereocenters. The van der Waals surface area contributed by atoms with Crippen molar-refractivity contribution < 1.29 is 14.3 Å². The first kappa shape index (κ1) is 19.5. The van der Waals surface area contributed by atoms with Crippen molar-refractivity contribution in [2.45, 2.75) is 18.8 Å². The van der Waals surface area contributed by atoms with E-state index in [2.05, 4.69) is 9.88 Å². The summed E-state index contributed by atoms with van der Waals surface area (Å²) in [7, 11) is 0. The summed E-state index contributed by atoms with van der Waals surface area (Å²) in [5.41, 5.74) is 2.69. The number of ketones is 1. The molecule has 0 bridgehead atoms. The van der Waals surface area contributed by atoms with Gasteiger partial charge < -0.3 is 14.9 Å². The highest BCUT2D eigenvalue weighted by molar-refractivity contribution is 5.98. The number of hydrogen-bond donors (Lipinski definition) is 1. The van der Waals surface area contributed by atoms with Gasteiger partial charge >= 0.3 is 0 Å². The molecular formula is C24H23FN4O2. The van der Waals surface area contributed by atoms with Gasteiger partial charge in [0.1, 0.15) is 11.6 Å². The second kappa shape index (κ2) is 7.98. The Hall–Kier alpha value is -3.48. The number of phenols is 1. The number of hydrogen-bond acceptors (Lipinski definition) is 6. The lowest BCUT2D eigenvalue weighted by atomic mass is 9.82. The molecule has 7 heteroatoms. The van der Waals surface area contributed by atoms with E-state index < -0.39 is 0 Å². The molecule has 1 aliphatic carbocycles. The highest BCUT2D eigenvalue weighted by atomic mass is 19.1. The first-order valence-corrected chi connectivity index (χ1v) is 10.5. The number of phenolic OH excluding ortho intramolecular Hbond substituents is 1. The minimum absolute atomic E-state index is 0.00502. The maximum absolute atomic E-state index is 14.1. The molecule has 158 valence electrons. The highest BCUT2D eigenvalue weighted by Gasteiger charge is 2.30. The third kappa shape index (κ3) is 3.71. The van der Waals surface area contributed by atoms with Crippen molar-refractivity contribution in [3.63, 3.8) is 0 Å². The van der Waals surface area contributed by atoms with Crippen LogP contribution in [0.15, 0.2) is 54.7 Å². The van der Waals surface area contributed by atoms with Gasteiger partial charge in [-0.05, 0) is 30.2 Å². The summed E-state index contributed by atoms with van der Waals surface area (Å²) < 4.78 is 14.1. The number of carbonyl (C=O) groups excluding carboxylic acids is 1. The zero-order valence-electron chi connectivity index (χ0n) is 17.0. The van der Waals surface area contributed by atoms with E-state index in [-0.39, 0.29) is 23.3 Å². The number of Topliss-reactive ketones (excluding diaryl/α,β-unsaturated/α-hetero) is 1. The fraction of sp³-hybridized carbons (Fsp3) is 0.292. The van der Waals surface area contributed by atoms with Crippen LogP contribution in [0.2, 0.25) is 0 Å². The van der Waals surface area contributed by atoms with E-state index >= 15 is 0 Å². The number of aromatic hydroxyl groups is 1. The van der Waals surface area contributed by atoms with E-state index in [9.17, 15) is 14.3 Å². The van der Waals surface area contributed by atoms with Crippen LogP contribution in [0, 0.1) is 5.82 Å². The Morgan fingerprint density at radius 2 is 1.65 bits per heavy atom. The predicted molar refractivity (Wildman–Crippen MR) is 116 cm³/mol. The van der Waals surface area contributed by atoms with Gasteiger partial charge in [-0.3, -0.25) is 4.79 Å². The van der Waals surface area contributed by atoms with Gasteiger partial charge in [-0.25, -0.2) is 14.4 Å². The highest BCUT2D eigenvalue weighted by Crippen LogP contribution is 2.36. The number of nitrogens with zero attached hydrogens (tertiary/aromatic N) is 4. The van der Waals surface area contributed by atoms with Crippen molar-refractivity contribution in [3.05, 3.63) is 77.4 Å². The summed E-state index contributed by atoms with van der Waals surface area (Å²) >= 11 is 0. The molecule has 6 nitrogen and oxygen atoms in total. The van der Waals surface area contributed by atoms with Crippen LogP contribution in [0.5, 0.6) is 5.75 Å². The van der Waals surface area contributed by atoms with E-state index in [4.69, 9.17) is 4.98 Å². The molecule has 2 aromatic carbocycles. The van der Waals surface area contributed by atoms with Crippen LogP contribution in [-0.2, 0) is 6.42 Å². The van der Waals surface area contributed by atoms with E-state index in [0.717, 1.165) is 11.3 Å². The molecule has 0 amide bonds. The van der Waals surface area contributed by atoms with Crippen LogP contribution >= 0.6 is 0 Å². The van der Waals surface area contributed by atoms with Crippen molar-refractivity contribution in [2.24, 2.45) is 0 Å². The number of para-hydroxylation sites is 2. The van der Waals surface area contributed by atoms with Crippen molar-refractivity contribution in [3.8, 4) is 5.75 Å². The maximum Gasteiger partial charge on any atom is 0.225 e. The van der Waals surface area contributed by atoms with Crippen molar-refractivity contribution >= 4 is 17.4 Å². The largest absolute Gasteiger partial charge is 0.508 e. The van der Waals surface area contributed by atoms with Crippen LogP contribution in [0.1, 0.15) is 34.0 Å². The number of carbonyl (C=O) groups is 1. The molecule has 1 saturated heterocycles. The Morgan fingerprint density at radius 1 is 0.935 bits per heavy atom. The van der Waals surface area contributed by atoms with Gasteiger partial charge in [-0.2, -0.15) is 0 Å². The lowest BCUT2D eigenvalue weighted by Gasteiger charge is -2.36. The number of benzene rings is 2. The Bertz CT molecular complexity index is 1130. The zero-order valence-corrected chi connectivity index (χ0v) is 17.0. The second-order valence-electron chi connectivity index (χ2n) is 8.04. The van der Waals surface area contributed by atoms with Crippen LogP contribution in [0.3, 0.4) is 0 Å². The number of aromatic nitrogens is 2. The first-order valence-electron chi connectivity index (χ1n) is 10.5. The number of halogens is 1. The van der Waals surface area contributed by atoms with Gasteiger partial charge in [0.2, 0.25) is 5.95 Å². The SMILES string of the molecule is O=C1CC(c2ccccc2O)Cc2nc(N3CCN(c4ccccc4F)CC3)ncc21. The Morgan fingerprint density at radius 3 is 2.42 bits per heavy atom. The Balaban J connectivity index is 1.34. The summed E-state index contributed by atoms with van der Waals surface area (Å²) in [6, 6.07) is 14.0. The Labute approximate surface area is 180 Å². The zero-order chi connectivity index (χ0) is 21.4.